The number of nitrogens with one attached hydrogen (secondary N) is 1. The maximum atomic E-state index is 11.8. The second-order valence-electron chi connectivity index (χ2n) is 5.66. The summed E-state index contributed by atoms with van der Waals surface area (Å²) >= 11 is 0. The average Bonchev–Trinajstić information content (AvgIpc) is 2.94. The zero-order chi connectivity index (χ0) is 15.6. The number of nitrogens with zero attached hydrogens (tertiary/aromatic N) is 3. The lowest BCUT2D eigenvalue weighted by atomic mass is 10.1. The number of carbonyl (C=O) groups is 1. The maximum Gasteiger partial charge on any atom is 0.220 e. The van der Waals surface area contributed by atoms with Crippen molar-refractivity contribution in [1.82, 2.24) is 19.9 Å². The van der Waals surface area contributed by atoms with Gasteiger partial charge in [0.15, 0.2) is 5.65 Å². The maximum absolute atomic E-state index is 11.8. The second kappa shape index (κ2) is 9.18. The molecule has 2 aromatic heterocycles. The van der Waals surface area contributed by atoms with E-state index in [0.717, 1.165) is 24.3 Å². The van der Waals surface area contributed by atoms with Gasteiger partial charge in [0.2, 0.25) is 5.91 Å². The van der Waals surface area contributed by atoms with E-state index in [9.17, 15) is 4.79 Å². The van der Waals surface area contributed by atoms with Crippen LogP contribution < -0.4 is 5.32 Å². The average molecular weight is 302 g/mol. The van der Waals surface area contributed by atoms with Gasteiger partial charge in [-0.3, -0.25) is 9.20 Å². The van der Waals surface area contributed by atoms with Crippen LogP contribution in [0.15, 0.2) is 24.4 Å². The molecule has 1 amide bonds. The van der Waals surface area contributed by atoms with Gasteiger partial charge < -0.3 is 5.32 Å². The van der Waals surface area contributed by atoms with Crippen LogP contribution >= 0.6 is 0 Å². The Kier molecular flexibility index (Phi) is 6.87. The van der Waals surface area contributed by atoms with Crippen LogP contribution in [0, 0.1) is 0 Å². The second-order valence-corrected chi connectivity index (χ2v) is 5.66. The van der Waals surface area contributed by atoms with Crippen molar-refractivity contribution < 1.29 is 4.79 Å². The smallest absolute Gasteiger partial charge is 0.220 e. The summed E-state index contributed by atoms with van der Waals surface area (Å²) in [6, 6.07) is 5.82. The van der Waals surface area contributed by atoms with E-state index >= 15 is 0 Å². The van der Waals surface area contributed by atoms with E-state index < -0.39 is 0 Å². The van der Waals surface area contributed by atoms with Crippen molar-refractivity contribution in [3.63, 3.8) is 0 Å². The Morgan fingerprint density at radius 2 is 1.95 bits per heavy atom. The SMILES string of the molecule is CCCCCCCCC(=O)NCCc1nnc2ccccn12. The van der Waals surface area contributed by atoms with Crippen molar-refractivity contribution in [2.24, 2.45) is 0 Å². The molecule has 0 atom stereocenters. The molecule has 0 fully saturated rings. The van der Waals surface area contributed by atoms with Crippen LogP contribution in [0.4, 0.5) is 0 Å². The van der Waals surface area contributed by atoms with Crippen molar-refractivity contribution in [3.05, 3.63) is 30.2 Å². The molecule has 5 heteroatoms. The fourth-order valence-corrected chi connectivity index (χ4v) is 2.53. The van der Waals surface area contributed by atoms with Crippen LogP contribution in [0.2, 0.25) is 0 Å². The molecule has 0 aliphatic heterocycles. The van der Waals surface area contributed by atoms with Crippen LogP contribution in [0.3, 0.4) is 0 Å². The molecule has 5 nitrogen and oxygen atoms in total. The topological polar surface area (TPSA) is 59.3 Å². The molecule has 0 saturated carbocycles. The quantitative estimate of drug-likeness (QED) is 0.686. The lowest BCUT2D eigenvalue weighted by Gasteiger charge is -2.05. The molecular formula is C17H26N4O. The Labute approximate surface area is 132 Å². The summed E-state index contributed by atoms with van der Waals surface area (Å²) in [5.74, 6) is 1.03. The first kappa shape index (κ1) is 16.5. The Bertz CT molecular complexity index is 579. The number of pyridine rings is 1. The van der Waals surface area contributed by atoms with E-state index in [-0.39, 0.29) is 5.91 Å². The summed E-state index contributed by atoms with van der Waals surface area (Å²) in [4.78, 5) is 11.8. The number of hydrogen-bond donors (Lipinski definition) is 1. The van der Waals surface area contributed by atoms with E-state index in [1.54, 1.807) is 0 Å². The highest BCUT2D eigenvalue weighted by Crippen LogP contribution is 2.07. The van der Waals surface area contributed by atoms with Crippen LogP contribution in [0.5, 0.6) is 0 Å². The van der Waals surface area contributed by atoms with Gasteiger partial charge in [0.1, 0.15) is 5.82 Å². The highest BCUT2D eigenvalue weighted by Gasteiger charge is 2.05. The molecule has 0 radical (unpaired) electrons. The molecule has 0 aliphatic rings. The zero-order valence-electron chi connectivity index (χ0n) is 13.4. The number of aromatic nitrogens is 3. The van der Waals surface area contributed by atoms with Gasteiger partial charge in [-0.1, -0.05) is 45.1 Å². The van der Waals surface area contributed by atoms with Gasteiger partial charge >= 0.3 is 0 Å². The Morgan fingerprint density at radius 3 is 2.82 bits per heavy atom. The largest absolute Gasteiger partial charge is 0.356 e. The minimum atomic E-state index is 0.143. The molecule has 2 heterocycles. The summed E-state index contributed by atoms with van der Waals surface area (Å²) in [7, 11) is 0. The van der Waals surface area contributed by atoms with E-state index in [1.165, 1.54) is 25.7 Å². The third kappa shape index (κ3) is 5.13. The molecule has 2 rings (SSSR count). The fraction of sp³-hybridized carbons (Fsp3) is 0.588. The minimum Gasteiger partial charge on any atom is -0.356 e. The molecule has 0 spiro atoms. The fourth-order valence-electron chi connectivity index (χ4n) is 2.53. The van der Waals surface area contributed by atoms with Gasteiger partial charge in [0, 0.05) is 25.6 Å². The number of carbonyl (C=O) groups excluding carboxylic acids is 1. The van der Waals surface area contributed by atoms with E-state index in [1.807, 2.05) is 28.8 Å². The molecule has 0 aliphatic carbocycles. The highest BCUT2D eigenvalue weighted by molar-refractivity contribution is 5.75. The van der Waals surface area contributed by atoms with Gasteiger partial charge in [-0.25, -0.2) is 0 Å². The third-order valence-corrected chi connectivity index (χ3v) is 3.81. The zero-order valence-corrected chi connectivity index (χ0v) is 13.4. The standard InChI is InChI=1S/C17H26N4O/c1-2-3-4-5-6-7-11-17(22)18-13-12-16-20-19-15-10-8-9-14-21(15)16/h8-10,14H,2-7,11-13H2,1H3,(H,18,22). The van der Waals surface area contributed by atoms with Crippen molar-refractivity contribution in [2.75, 3.05) is 6.54 Å². The molecular weight excluding hydrogens is 276 g/mol. The monoisotopic (exact) mass is 302 g/mol. The Balaban J connectivity index is 1.61. The van der Waals surface area contributed by atoms with Crippen molar-refractivity contribution in [2.45, 2.75) is 58.3 Å². The van der Waals surface area contributed by atoms with Gasteiger partial charge in [-0.05, 0) is 18.6 Å². The van der Waals surface area contributed by atoms with Crippen LogP contribution in [0.1, 0.15) is 57.7 Å². The number of unbranched alkanes of at least 4 members (excludes halogenated alkanes) is 5. The highest BCUT2D eigenvalue weighted by atomic mass is 16.1. The first-order valence-corrected chi connectivity index (χ1v) is 8.36. The molecule has 22 heavy (non-hydrogen) atoms. The van der Waals surface area contributed by atoms with E-state index in [4.69, 9.17) is 0 Å². The minimum absolute atomic E-state index is 0.143. The Hall–Kier alpha value is -1.91. The summed E-state index contributed by atoms with van der Waals surface area (Å²) < 4.78 is 1.96. The van der Waals surface area contributed by atoms with Gasteiger partial charge in [0.25, 0.3) is 0 Å². The number of fused-ring (bicyclic) bond motifs is 1. The lowest BCUT2D eigenvalue weighted by molar-refractivity contribution is -0.121. The van der Waals surface area contributed by atoms with Crippen molar-refractivity contribution >= 4 is 11.6 Å². The number of hydrogen-bond acceptors (Lipinski definition) is 3. The first-order valence-electron chi connectivity index (χ1n) is 8.36. The lowest BCUT2D eigenvalue weighted by Crippen LogP contribution is -2.25. The van der Waals surface area contributed by atoms with Crippen molar-refractivity contribution in [1.29, 1.82) is 0 Å². The van der Waals surface area contributed by atoms with Crippen LogP contribution in [-0.4, -0.2) is 27.0 Å². The summed E-state index contributed by atoms with van der Waals surface area (Å²) in [6.07, 6.45) is 10.5. The van der Waals surface area contributed by atoms with Crippen molar-refractivity contribution in [3.8, 4) is 0 Å². The summed E-state index contributed by atoms with van der Waals surface area (Å²) in [6.45, 7) is 2.83. The summed E-state index contributed by atoms with van der Waals surface area (Å²) in [5, 5.41) is 11.2. The molecule has 2 aromatic rings. The van der Waals surface area contributed by atoms with E-state index in [2.05, 4.69) is 22.4 Å². The molecule has 0 unspecified atom stereocenters. The normalized spacial score (nSPS) is 11.0. The molecule has 1 N–H and O–H groups in total. The molecule has 120 valence electrons. The molecule has 0 bridgehead atoms. The predicted molar refractivity (Wildman–Crippen MR) is 87.7 cm³/mol. The van der Waals surface area contributed by atoms with Gasteiger partial charge in [0.05, 0.1) is 0 Å². The van der Waals surface area contributed by atoms with Gasteiger partial charge in [-0.15, -0.1) is 10.2 Å². The predicted octanol–water partition coefficient (Wildman–Crippen LogP) is 3.14. The number of amides is 1. The molecule has 0 aromatic carbocycles. The van der Waals surface area contributed by atoms with Crippen LogP contribution in [-0.2, 0) is 11.2 Å². The van der Waals surface area contributed by atoms with Crippen LogP contribution in [0.25, 0.3) is 5.65 Å². The summed E-state index contributed by atoms with van der Waals surface area (Å²) in [5.41, 5.74) is 0.843. The van der Waals surface area contributed by atoms with Gasteiger partial charge in [-0.2, -0.15) is 0 Å². The Morgan fingerprint density at radius 1 is 1.14 bits per heavy atom. The first-order chi connectivity index (χ1) is 10.8. The number of rotatable bonds is 10. The van der Waals surface area contributed by atoms with E-state index in [0.29, 0.717) is 19.4 Å². The third-order valence-electron chi connectivity index (χ3n) is 3.81. The molecule has 0 saturated heterocycles.